The molecule has 0 unspecified atom stereocenters. The highest BCUT2D eigenvalue weighted by molar-refractivity contribution is 6.30. The zero-order valence-corrected chi connectivity index (χ0v) is 19.5. The van der Waals surface area contributed by atoms with Crippen molar-refractivity contribution in [2.45, 2.75) is 63.2 Å². The van der Waals surface area contributed by atoms with Crippen LogP contribution in [0.1, 0.15) is 73.1 Å². The van der Waals surface area contributed by atoms with E-state index in [1.165, 1.54) is 25.3 Å². The minimum atomic E-state index is -4.49. The van der Waals surface area contributed by atoms with Crippen LogP contribution in [0, 0.1) is 23.2 Å². The Morgan fingerprint density at radius 2 is 1.71 bits per heavy atom. The first kappa shape index (κ1) is 22.3. The highest BCUT2D eigenvalue weighted by Crippen LogP contribution is 2.59. The molecular weight excluding hydrogens is 465 g/mol. The molecule has 9 heteroatoms. The molecule has 2 N–H and O–H groups in total. The molecule has 182 valence electrons. The zero-order valence-electron chi connectivity index (χ0n) is 18.7. The van der Waals surface area contributed by atoms with Gasteiger partial charge in [0.05, 0.1) is 6.04 Å². The predicted molar refractivity (Wildman–Crippen MR) is 123 cm³/mol. The Hall–Kier alpha value is -2.22. The van der Waals surface area contributed by atoms with E-state index in [1.54, 1.807) is 24.3 Å². The molecule has 0 radical (unpaired) electrons. The largest absolute Gasteiger partial charge is 0.410 e. The summed E-state index contributed by atoms with van der Waals surface area (Å²) in [4.78, 5) is 13.0. The number of anilines is 1. The molecule has 1 amide bonds. The van der Waals surface area contributed by atoms with Crippen LogP contribution in [0.3, 0.4) is 0 Å². The van der Waals surface area contributed by atoms with Gasteiger partial charge in [0.25, 0.3) is 5.91 Å². The molecule has 1 aromatic heterocycles. The smallest absolute Gasteiger partial charge is 0.363 e. The Morgan fingerprint density at radius 3 is 2.29 bits per heavy atom. The summed E-state index contributed by atoms with van der Waals surface area (Å²) in [5.74, 6) is 2.11. The number of nitrogens with zero attached hydrogens (tertiary/aromatic N) is 2. The molecule has 0 spiro atoms. The predicted octanol–water partition coefficient (Wildman–Crippen LogP) is 6.14. The quantitative estimate of drug-likeness (QED) is 0.538. The van der Waals surface area contributed by atoms with Gasteiger partial charge in [0.1, 0.15) is 5.82 Å². The van der Waals surface area contributed by atoms with E-state index in [2.05, 4.69) is 15.7 Å². The maximum atomic E-state index is 13.9. The summed E-state index contributed by atoms with van der Waals surface area (Å²) < 4.78 is 42.8. The third kappa shape index (κ3) is 3.97. The molecule has 0 saturated heterocycles. The Balaban J connectivity index is 1.21. The summed E-state index contributed by atoms with van der Waals surface area (Å²) in [6, 6.07) is 5.84. The molecule has 1 aromatic carbocycles. The van der Waals surface area contributed by atoms with Gasteiger partial charge in [-0.3, -0.25) is 4.79 Å². The van der Waals surface area contributed by atoms with E-state index in [9.17, 15) is 18.0 Å². The minimum Gasteiger partial charge on any atom is -0.363 e. The van der Waals surface area contributed by atoms with Crippen molar-refractivity contribution in [2.24, 2.45) is 23.2 Å². The molecule has 5 aliphatic rings. The van der Waals surface area contributed by atoms with Gasteiger partial charge in [-0.05, 0) is 79.4 Å². The number of benzene rings is 1. The van der Waals surface area contributed by atoms with Crippen molar-refractivity contribution < 1.29 is 18.0 Å². The molecule has 4 bridgehead atoms. The summed E-state index contributed by atoms with van der Waals surface area (Å²) in [6.45, 7) is 0.584. The van der Waals surface area contributed by atoms with Crippen molar-refractivity contribution in [3.63, 3.8) is 0 Å². The average Bonchev–Trinajstić information content (AvgIpc) is 3.20. The van der Waals surface area contributed by atoms with Crippen molar-refractivity contribution in [2.75, 3.05) is 11.9 Å². The van der Waals surface area contributed by atoms with Crippen LogP contribution in [0.25, 0.3) is 0 Å². The standard InChI is InChI=1S/C25H28ClF3N4O/c26-18-3-1-17(2-4-18)19-8-21(25(27,28)29)33-22(31-19)9-20(32-33)23(34)30-13-24-10-14-5-15(11-24)7-16(6-14)12-24/h1-4,9,14-16,19,21,31H,5-8,10-13H2,(H,30,34)/t14?,15?,16?,19-,21-,24?/m1/s1. The molecular formula is C25H28ClF3N4O. The summed E-state index contributed by atoms with van der Waals surface area (Å²) in [5, 5.41) is 10.8. The molecule has 4 saturated carbocycles. The molecule has 1 aliphatic heterocycles. The SMILES string of the molecule is O=C(NCC12CC3CC(CC(C3)C1)C2)c1cc2n(n1)[C@@H](C(F)(F)F)C[C@H](c1ccc(Cl)cc1)N2. The number of halogens is 4. The van der Waals surface area contributed by atoms with E-state index in [0.717, 1.165) is 41.7 Å². The Morgan fingerprint density at radius 1 is 1.09 bits per heavy atom. The van der Waals surface area contributed by atoms with Gasteiger partial charge >= 0.3 is 6.18 Å². The van der Waals surface area contributed by atoms with Crippen LogP contribution in [0.15, 0.2) is 30.3 Å². The molecule has 2 heterocycles. The first-order valence-electron chi connectivity index (χ1n) is 12.1. The molecule has 7 rings (SSSR count). The van der Waals surface area contributed by atoms with Gasteiger partial charge in [-0.1, -0.05) is 23.7 Å². The van der Waals surface area contributed by atoms with Crippen molar-refractivity contribution in [1.82, 2.24) is 15.1 Å². The van der Waals surface area contributed by atoms with Gasteiger partial charge < -0.3 is 10.6 Å². The number of hydrogen-bond donors (Lipinski definition) is 2. The van der Waals surface area contributed by atoms with E-state index in [4.69, 9.17) is 11.6 Å². The third-order valence-electron chi connectivity index (χ3n) is 8.48. The second-order valence-electron chi connectivity index (χ2n) is 11.0. The van der Waals surface area contributed by atoms with Crippen LogP contribution >= 0.6 is 11.6 Å². The average molecular weight is 493 g/mol. The van der Waals surface area contributed by atoms with Crippen LogP contribution in [0.2, 0.25) is 5.02 Å². The number of carbonyl (C=O) groups is 1. The van der Waals surface area contributed by atoms with E-state index >= 15 is 0 Å². The third-order valence-corrected chi connectivity index (χ3v) is 8.74. The number of fused-ring (bicyclic) bond motifs is 1. The van der Waals surface area contributed by atoms with Crippen LogP contribution in [-0.4, -0.2) is 28.4 Å². The van der Waals surface area contributed by atoms with Gasteiger partial charge in [0.15, 0.2) is 11.7 Å². The Kier molecular flexibility index (Phi) is 5.17. The highest BCUT2D eigenvalue weighted by Gasteiger charge is 2.51. The van der Waals surface area contributed by atoms with Gasteiger partial charge in [-0.15, -0.1) is 0 Å². The summed E-state index contributed by atoms with van der Waals surface area (Å²) >= 11 is 5.94. The topological polar surface area (TPSA) is 59.0 Å². The number of rotatable bonds is 4. The maximum absolute atomic E-state index is 13.9. The Labute approximate surface area is 201 Å². The first-order chi connectivity index (χ1) is 16.2. The molecule has 2 aromatic rings. The van der Waals surface area contributed by atoms with E-state index < -0.39 is 24.2 Å². The molecule has 4 aliphatic carbocycles. The molecule has 4 fully saturated rings. The molecule has 5 nitrogen and oxygen atoms in total. The second-order valence-corrected chi connectivity index (χ2v) is 11.4. The Bertz CT molecular complexity index is 1060. The normalized spacial score (nSPS) is 33.9. The number of aromatic nitrogens is 2. The van der Waals surface area contributed by atoms with Crippen LogP contribution < -0.4 is 10.6 Å². The lowest BCUT2D eigenvalue weighted by atomic mass is 9.49. The van der Waals surface area contributed by atoms with Crippen molar-refractivity contribution in [3.05, 3.63) is 46.6 Å². The van der Waals surface area contributed by atoms with Crippen molar-refractivity contribution >= 4 is 23.3 Å². The van der Waals surface area contributed by atoms with Crippen molar-refractivity contribution in [3.8, 4) is 0 Å². The van der Waals surface area contributed by atoms with Gasteiger partial charge in [0.2, 0.25) is 0 Å². The van der Waals surface area contributed by atoms with E-state index in [-0.39, 0.29) is 23.3 Å². The van der Waals surface area contributed by atoms with Crippen LogP contribution in [0.5, 0.6) is 0 Å². The fourth-order valence-corrected chi connectivity index (χ4v) is 7.59. The fraction of sp³-hybridized carbons (Fsp3) is 0.600. The van der Waals surface area contributed by atoms with E-state index in [1.807, 2.05) is 0 Å². The highest BCUT2D eigenvalue weighted by atomic mass is 35.5. The zero-order chi connectivity index (χ0) is 23.7. The lowest BCUT2D eigenvalue weighted by Crippen LogP contribution is -2.51. The van der Waals surface area contributed by atoms with Gasteiger partial charge in [0, 0.05) is 24.1 Å². The number of amides is 1. The lowest BCUT2D eigenvalue weighted by molar-refractivity contribution is -0.173. The van der Waals surface area contributed by atoms with Crippen LogP contribution in [0.4, 0.5) is 19.0 Å². The molecule has 34 heavy (non-hydrogen) atoms. The summed E-state index contributed by atoms with van der Waals surface area (Å²) in [7, 11) is 0. The number of hydrogen-bond acceptors (Lipinski definition) is 3. The monoisotopic (exact) mass is 492 g/mol. The number of carbonyl (C=O) groups excluding carboxylic acids is 1. The maximum Gasteiger partial charge on any atom is 0.410 e. The second kappa shape index (κ2) is 7.90. The van der Waals surface area contributed by atoms with Crippen LogP contribution in [-0.2, 0) is 0 Å². The minimum absolute atomic E-state index is 0.0261. The summed E-state index contributed by atoms with van der Waals surface area (Å²) in [6.07, 6.45) is 2.72. The lowest BCUT2D eigenvalue weighted by Gasteiger charge is -2.56. The van der Waals surface area contributed by atoms with Crippen molar-refractivity contribution in [1.29, 1.82) is 0 Å². The molecule has 2 atom stereocenters. The first-order valence-corrected chi connectivity index (χ1v) is 12.5. The fourth-order valence-electron chi connectivity index (χ4n) is 7.46. The van der Waals surface area contributed by atoms with E-state index in [0.29, 0.717) is 17.1 Å². The van der Waals surface area contributed by atoms with Gasteiger partial charge in [-0.2, -0.15) is 18.3 Å². The number of alkyl halides is 3. The number of nitrogens with one attached hydrogen (secondary N) is 2. The summed E-state index contributed by atoms with van der Waals surface area (Å²) in [5.41, 5.74) is 0.882. The van der Waals surface area contributed by atoms with Gasteiger partial charge in [-0.25, -0.2) is 4.68 Å².